The van der Waals surface area contributed by atoms with Crippen LogP contribution in [0.2, 0.25) is 0 Å². The van der Waals surface area contributed by atoms with Crippen LogP contribution in [0.15, 0.2) is 29.3 Å². The van der Waals surface area contributed by atoms with Gasteiger partial charge < -0.3 is 32.1 Å². The number of carbonyl (C=O) groups is 3. The highest BCUT2D eigenvalue weighted by Crippen LogP contribution is 2.28. The Kier molecular flexibility index (Phi) is 7.11. The fraction of sp³-hybridized carbons (Fsp3) is 0.524. The van der Waals surface area contributed by atoms with Crippen molar-refractivity contribution in [3.8, 4) is 0 Å². The highest BCUT2D eigenvalue weighted by Gasteiger charge is 2.42. The lowest BCUT2D eigenvalue weighted by molar-refractivity contribution is -0.155. The third-order valence-electron chi connectivity index (χ3n) is 5.92. The Morgan fingerprint density at radius 3 is 2.52 bits per heavy atom. The first-order valence-corrected chi connectivity index (χ1v) is 10.5. The molecule has 2 amide bonds. The number of guanidine groups is 1. The van der Waals surface area contributed by atoms with Gasteiger partial charge in [-0.2, -0.15) is 0 Å². The second kappa shape index (κ2) is 9.78. The van der Waals surface area contributed by atoms with Gasteiger partial charge in [0.1, 0.15) is 12.1 Å². The van der Waals surface area contributed by atoms with Crippen molar-refractivity contribution >= 4 is 23.7 Å². The van der Waals surface area contributed by atoms with Gasteiger partial charge in [-0.15, -0.1) is 0 Å². The van der Waals surface area contributed by atoms with Crippen LogP contribution < -0.4 is 17.2 Å². The molecule has 0 radical (unpaired) electrons. The van der Waals surface area contributed by atoms with Gasteiger partial charge in [-0.3, -0.25) is 14.6 Å². The smallest absolute Gasteiger partial charge is 0.326 e. The number of carboxylic acid groups (broad SMARTS) is 1. The number of aliphatic carboxylic acids is 1. The summed E-state index contributed by atoms with van der Waals surface area (Å²) in [6.07, 6.45) is 2.35. The molecule has 1 aromatic rings. The van der Waals surface area contributed by atoms with Crippen molar-refractivity contribution in [2.75, 3.05) is 13.1 Å². The summed E-state index contributed by atoms with van der Waals surface area (Å²) in [5.74, 6) is -1.69. The first kappa shape index (κ1) is 22.5. The van der Waals surface area contributed by atoms with Crippen molar-refractivity contribution in [1.82, 2.24) is 9.80 Å². The number of fused-ring (bicyclic) bond motifs is 1. The molecule has 10 nitrogen and oxygen atoms in total. The number of nitrogens with zero attached hydrogens (tertiary/aromatic N) is 3. The molecule has 0 spiro atoms. The van der Waals surface area contributed by atoms with E-state index in [2.05, 4.69) is 4.99 Å². The van der Waals surface area contributed by atoms with Crippen LogP contribution in [0.4, 0.5) is 0 Å². The molecule has 3 rings (SSSR count). The third kappa shape index (κ3) is 5.13. The molecule has 0 saturated carbocycles. The minimum Gasteiger partial charge on any atom is -0.480 e. The van der Waals surface area contributed by atoms with Crippen LogP contribution in [0, 0.1) is 0 Å². The lowest BCUT2D eigenvalue weighted by Crippen LogP contribution is -2.56. The summed E-state index contributed by atoms with van der Waals surface area (Å²) in [6.45, 7) is 1.02. The Morgan fingerprint density at radius 2 is 1.84 bits per heavy atom. The van der Waals surface area contributed by atoms with Crippen LogP contribution in [-0.2, 0) is 27.3 Å². The molecule has 2 aliphatic heterocycles. The molecule has 1 fully saturated rings. The molecule has 0 bridgehead atoms. The Hall–Kier alpha value is -3.14. The zero-order chi connectivity index (χ0) is 22.5. The SMILES string of the molecule is NC(N)=NCCC[C@H](N)C(=O)N1CCC[C@H]1C(=O)N1Cc2ccccc2C[C@@H]1C(=O)O. The molecular weight excluding hydrogens is 400 g/mol. The number of carbonyl (C=O) groups excluding carboxylic acids is 2. The van der Waals surface area contributed by atoms with Crippen molar-refractivity contribution in [3.05, 3.63) is 35.4 Å². The van der Waals surface area contributed by atoms with Crippen LogP contribution in [0.3, 0.4) is 0 Å². The second-order valence-corrected chi connectivity index (χ2v) is 8.04. The predicted octanol–water partition coefficient (Wildman–Crippen LogP) is -0.604. The van der Waals surface area contributed by atoms with Crippen molar-refractivity contribution in [2.45, 2.75) is 56.8 Å². The maximum Gasteiger partial charge on any atom is 0.326 e. The minimum atomic E-state index is -1.05. The lowest BCUT2D eigenvalue weighted by atomic mass is 9.93. The molecule has 168 valence electrons. The van der Waals surface area contributed by atoms with Crippen LogP contribution in [0.25, 0.3) is 0 Å². The normalized spacial score (nSPS) is 21.3. The number of nitrogens with two attached hydrogens (primary N) is 3. The quantitative estimate of drug-likeness (QED) is 0.254. The number of likely N-dealkylation sites (tertiary alicyclic amines) is 1. The van der Waals surface area contributed by atoms with Gasteiger partial charge in [-0.1, -0.05) is 24.3 Å². The number of hydrogen-bond acceptors (Lipinski definition) is 5. The monoisotopic (exact) mass is 430 g/mol. The highest BCUT2D eigenvalue weighted by molar-refractivity contribution is 5.92. The van der Waals surface area contributed by atoms with E-state index >= 15 is 0 Å². The molecule has 0 aliphatic carbocycles. The average Bonchev–Trinajstić information content (AvgIpc) is 3.24. The van der Waals surface area contributed by atoms with E-state index in [0.29, 0.717) is 38.8 Å². The van der Waals surface area contributed by atoms with Gasteiger partial charge in [0.05, 0.1) is 6.04 Å². The third-order valence-corrected chi connectivity index (χ3v) is 5.92. The van der Waals surface area contributed by atoms with E-state index in [4.69, 9.17) is 17.2 Å². The van der Waals surface area contributed by atoms with Crippen molar-refractivity contribution in [1.29, 1.82) is 0 Å². The first-order valence-electron chi connectivity index (χ1n) is 10.5. The van der Waals surface area contributed by atoms with Gasteiger partial charge in [-0.05, 0) is 36.8 Å². The number of hydrogen-bond donors (Lipinski definition) is 4. The van der Waals surface area contributed by atoms with E-state index in [0.717, 1.165) is 11.1 Å². The predicted molar refractivity (Wildman–Crippen MR) is 115 cm³/mol. The molecule has 0 unspecified atom stereocenters. The molecule has 31 heavy (non-hydrogen) atoms. The van der Waals surface area contributed by atoms with Gasteiger partial charge in [0.25, 0.3) is 0 Å². The molecule has 2 heterocycles. The maximum atomic E-state index is 13.4. The summed E-state index contributed by atoms with van der Waals surface area (Å²) < 4.78 is 0. The highest BCUT2D eigenvalue weighted by atomic mass is 16.4. The average molecular weight is 431 g/mol. The molecule has 1 saturated heterocycles. The van der Waals surface area contributed by atoms with Crippen LogP contribution >= 0.6 is 0 Å². The van der Waals surface area contributed by atoms with Crippen molar-refractivity contribution in [3.63, 3.8) is 0 Å². The fourth-order valence-corrected chi connectivity index (χ4v) is 4.31. The number of amides is 2. The number of carboxylic acids is 1. The number of rotatable bonds is 7. The summed E-state index contributed by atoms with van der Waals surface area (Å²) in [5, 5.41) is 9.73. The minimum absolute atomic E-state index is 0.0128. The summed E-state index contributed by atoms with van der Waals surface area (Å²) in [7, 11) is 0. The standard InChI is InChI=1S/C21H30N6O4/c22-15(7-3-9-25-21(23)24)18(28)26-10-4-8-16(26)19(29)27-12-14-6-2-1-5-13(14)11-17(27)20(30)31/h1-2,5-6,15-17H,3-4,7-12,22H2,(H,30,31)(H4,23,24,25)/t15-,16-,17+/m0/s1. The Bertz CT molecular complexity index is 869. The van der Waals surface area contributed by atoms with Gasteiger partial charge in [0.15, 0.2) is 5.96 Å². The Balaban J connectivity index is 1.70. The summed E-state index contributed by atoms with van der Waals surface area (Å²) in [4.78, 5) is 45.0. The van der Waals surface area contributed by atoms with E-state index in [1.807, 2.05) is 24.3 Å². The molecule has 0 aromatic heterocycles. The van der Waals surface area contributed by atoms with Crippen LogP contribution in [0.5, 0.6) is 0 Å². The lowest BCUT2D eigenvalue weighted by Gasteiger charge is -2.38. The molecular formula is C21H30N6O4. The fourth-order valence-electron chi connectivity index (χ4n) is 4.31. The van der Waals surface area contributed by atoms with E-state index in [-0.39, 0.29) is 30.7 Å². The largest absolute Gasteiger partial charge is 0.480 e. The van der Waals surface area contributed by atoms with E-state index in [1.165, 1.54) is 9.80 Å². The zero-order valence-corrected chi connectivity index (χ0v) is 17.4. The topological polar surface area (TPSA) is 168 Å². The first-order chi connectivity index (χ1) is 14.8. The summed E-state index contributed by atoms with van der Waals surface area (Å²) in [5.41, 5.74) is 18.5. The molecule has 10 heteroatoms. The van der Waals surface area contributed by atoms with E-state index in [1.54, 1.807) is 0 Å². The van der Waals surface area contributed by atoms with Gasteiger partial charge in [-0.25, -0.2) is 4.79 Å². The van der Waals surface area contributed by atoms with Gasteiger partial charge in [0.2, 0.25) is 11.8 Å². The van der Waals surface area contributed by atoms with Crippen molar-refractivity contribution < 1.29 is 19.5 Å². The molecule has 7 N–H and O–H groups in total. The van der Waals surface area contributed by atoms with E-state index in [9.17, 15) is 19.5 Å². The molecule has 3 atom stereocenters. The van der Waals surface area contributed by atoms with Crippen LogP contribution in [0.1, 0.15) is 36.8 Å². The number of aliphatic imine (C=N–C) groups is 1. The number of benzene rings is 1. The second-order valence-electron chi connectivity index (χ2n) is 8.04. The summed E-state index contributed by atoms with van der Waals surface area (Å²) in [6, 6.07) is 5.12. The Labute approximate surface area is 181 Å². The maximum absolute atomic E-state index is 13.4. The van der Waals surface area contributed by atoms with Gasteiger partial charge >= 0.3 is 5.97 Å². The summed E-state index contributed by atoms with van der Waals surface area (Å²) >= 11 is 0. The van der Waals surface area contributed by atoms with Gasteiger partial charge in [0, 0.05) is 26.1 Å². The zero-order valence-electron chi connectivity index (χ0n) is 17.4. The van der Waals surface area contributed by atoms with Crippen LogP contribution in [-0.4, -0.2) is 69.9 Å². The Morgan fingerprint density at radius 1 is 1.13 bits per heavy atom. The van der Waals surface area contributed by atoms with E-state index < -0.39 is 24.1 Å². The van der Waals surface area contributed by atoms with Crippen molar-refractivity contribution in [2.24, 2.45) is 22.2 Å². The molecule has 2 aliphatic rings. The molecule has 1 aromatic carbocycles.